The summed E-state index contributed by atoms with van der Waals surface area (Å²) in [6, 6.07) is 7.99. The number of carbonyl (C=O) groups excluding carboxylic acids is 1. The van der Waals surface area contributed by atoms with E-state index in [1.807, 2.05) is 6.07 Å². The highest BCUT2D eigenvalue weighted by atomic mass is 19.4. The summed E-state index contributed by atoms with van der Waals surface area (Å²) in [4.78, 5) is 14.9. The lowest BCUT2D eigenvalue weighted by Crippen LogP contribution is -2.20. The topological polar surface area (TPSA) is 56.9 Å². The van der Waals surface area contributed by atoms with Gasteiger partial charge in [-0.1, -0.05) is 6.07 Å². The number of halogens is 4. The summed E-state index contributed by atoms with van der Waals surface area (Å²) in [5.41, 5.74) is -0.237. The maximum Gasteiger partial charge on any atom is 0.416 e. The van der Waals surface area contributed by atoms with E-state index in [4.69, 9.17) is 0 Å². The van der Waals surface area contributed by atoms with Crippen LogP contribution >= 0.6 is 0 Å². The average molecular weight is 337 g/mol. The molecule has 3 N–H and O–H groups in total. The van der Waals surface area contributed by atoms with Gasteiger partial charge in [0.2, 0.25) is 0 Å². The molecular weight excluding hydrogens is 326 g/mol. The molecule has 0 bridgehead atoms. The van der Waals surface area contributed by atoms with Crippen molar-refractivity contribution in [2.24, 2.45) is 0 Å². The molecule has 124 valence electrons. The first-order chi connectivity index (χ1) is 11.3. The lowest BCUT2D eigenvalue weighted by atomic mass is 10.2. The minimum absolute atomic E-state index is 0.291. The molecule has 8 heteroatoms. The summed E-state index contributed by atoms with van der Waals surface area (Å²) < 4.78 is 51.3. The predicted octanol–water partition coefficient (Wildman–Crippen LogP) is 4.97. The van der Waals surface area contributed by atoms with Gasteiger partial charge in [0.1, 0.15) is 5.82 Å². The summed E-state index contributed by atoms with van der Waals surface area (Å²) in [6.45, 7) is 0. The second kappa shape index (κ2) is 5.88. The van der Waals surface area contributed by atoms with Crippen LogP contribution in [0.25, 0.3) is 10.9 Å². The number of fused-ring (bicyclic) bond motifs is 1. The number of hydrogen-bond donors (Lipinski definition) is 3. The van der Waals surface area contributed by atoms with Crippen LogP contribution in [-0.2, 0) is 6.18 Å². The number of hydrogen-bond acceptors (Lipinski definition) is 1. The second-order valence-electron chi connectivity index (χ2n) is 5.09. The Hall–Kier alpha value is -3.03. The van der Waals surface area contributed by atoms with Crippen LogP contribution in [0.4, 0.5) is 33.7 Å². The van der Waals surface area contributed by atoms with Crippen LogP contribution in [0.1, 0.15) is 5.56 Å². The number of alkyl halides is 3. The number of nitrogens with one attached hydrogen (secondary N) is 3. The van der Waals surface area contributed by atoms with Gasteiger partial charge in [-0.2, -0.15) is 13.2 Å². The van der Waals surface area contributed by atoms with Gasteiger partial charge in [0.05, 0.1) is 5.56 Å². The van der Waals surface area contributed by atoms with Crippen LogP contribution in [0.5, 0.6) is 0 Å². The van der Waals surface area contributed by atoms with Gasteiger partial charge in [-0.3, -0.25) is 0 Å². The summed E-state index contributed by atoms with van der Waals surface area (Å²) in [5, 5.41) is 5.61. The van der Waals surface area contributed by atoms with Crippen molar-refractivity contribution in [3.05, 3.63) is 60.0 Å². The molecule has 4 nitrogen and oxygen atoms in total. The molecular formula is C16H11F4N3O. The molecule has 0 aliphatic heterocycles. The second-order valence-corrected chi connectivity index (χ2v) is 5.09. The number of anilines is 2. The number of rotatable bonds is 2. The molecule has 0 saturated heterocycles. The first-order valence-electron chi connectivity index (χ1n) is 6.84. The maximum atomic E-state index is 13.3. The Kier molecular flexibility index (Phi) is 3.88. The van der Waals surface area contributed by atoms with Crippen molar-refractivity contribution < 1.29 is 22.4 Å². The molecule has 1 heterocycles. The van der Waals surface area contributed by atoms with E-state index in [9.17, 15) is 22.4 Å². The third-order valence-electron chi connectivity index (χ3n) is 3.30. The number of H-pyrrole nitrogens is 1. The summed E-state index contributed by atoms with van der Waals surface area (Å²) >= 11 is 0. The van der Waals surface area contributed by atoms with Gasteiger partial charge in [0.25, 0.3) is 0 Å². The third kappa shape index (κ3) is 3.48. The fraction of sp³-hybridized carbons (Fsp3) is 0.0625. The maximum absolute atomic E-state index is 13.3. The molecule has 0 radical (unpaired) electrons. The number of aromatic amines is 1. The average Bonchev–Trinajstić information content (AvgIpc) is 2.93. The number of urea groups is 1. The molecule has 0 unspecified atom stereocenters. The van der Waals surface area contributed by atoms with E-state index < -0.39 is 23.6 Å². The van der Waals surface area contributed by atoms with E-state index in [0.717, 1.165) is 17.0 Å². The Morgan fingerprint density at radius 2 is 1.71 bits per heavy atom. The molecule has 0 aliphatic carbocycles. The summed E-state index contributed by atoms with van der Waals surface area (Å²) in [5.74, 6) is -1.09. The molecule has 3 aromatic rings. The summed E-state index contributed by atoms with van der Waals surface area (Å²) in [6.07, 6.45) is -2.96. The molecule has 0 spiro atoms. The van der Waals surface area contributed by atoms with Crippen molar-refractivity contribution in [3.63, 3.8) is 0 Å². The zero-order chi connectivity index (χ0) is 17.3. The standard InChI is InChI=1S/C16H11F4N3O/c17-11-5-10(16(18,19)20)6-13(7-11)23-15(24)22-12-2-1-9-3-4-21-14(9)8-12/h1-8,21H,(H2,22,23,24). The Balaban J connectivity index is 1.75. The zero-order valence-corrected chi connectivity index (χ0v) is 12.0. The number of amides is 2. The molecule has 0 aliphatic rings. The zero-order valence-electron chi connectivity index (χ0n) is 12.0. The van der Waals surface area contributed by atoms with Gasteiger partial charge >= 0.3 is 12.2 Å². The molecule has 2 amide bonds. The molecule has 0 fully saturated rings. The molecule has 2 aromatic carbocycles. The lowest BCUT2D eigenvalue weighted by Gasteiger charge is -2.11. The van der Waals surface area contributed by atoms with E-state index >= 15 is 0 Å². The van der Waals surface area contributed by atoms with Crippen LogP contribution in [0.15, 0.2) is 48.7 Å². The van der Waals surface area contributed by atoms with Crippen molar-refractivity contribution in [2.75, 3.05) is 10.6 Å². The van der Waals surface area contributed by atoms with Gasteiger partial charge in [-0.05, 0) is 41.8 Å². The largest absolute Gasteiger partial charge is 0.416 e. The van der Waals surface area contributed by atoms with E-state index in [-0.39, 0.29) is 5.69 Å². The normalized spacial score (nSPS) is 11.5. The van der Waals surface area contributed by atoms with Crippen LogP contribution in [0.3, 0.4) is 0 Å². The molecule has 3 rings (SSSR count). The highest BCUT2D eigenvalue weighted by molar-refractivity contribution is 6.01. The molecule has 1 aromatic heterocycles. The van der Waals surface area contributed by atoms with E-state index in [0.29, 0.717) is 17.8 Å². The Morgan fingerprint density at radius 3 is 2.46 bits per heavy atom. The molecule has 0 atom stereocenters. The smallest absolute Gasteiger partial charge is 0.361 e. The SMILES string of the molecule is O=C(Nc1cc(F)cc(C(F)(F)F)c1)Nc1ccc2cc[nH]c2c1. The van der Waals surface area contributed by atoms with Gasteiger partial charge in [-0.15, -0.1) is 0 Å². The lowest BCUT2D eigenvalue weighted by molar-refractivity contribution is -0.137. The minimum atomic E-state index is -4.70. The van der Waals surface area contributed by atoms with Crippen molar-refractivity contribution in [1.29, 1.82) is 0 Å². The number of aromatic nitrogens is 1. The van der Waals surface area contributed by atoms with Crippen molar-refractivity contribution >= 4 is 28.3 Å². The van der Waals surface area contributed by atoms with Crippen LogP contribution in [0, 0.1) is 5.82 Å². The first-order valence-corrected chi connectivity index (χ1v) is 6.84. The molecule has 24 heavy (non-hydrogen) atoms. The van der Waals surface area contributed by atoms with Crippen molar-refractivity contribution in [3.8, 4) is 0 Å². The number of benzene rings is 2. The van der Waals surface area contributed by atoms with Crippen LogP contribution < -0.4 is 10.6 Å². The quantitative estimate of drug-likeness (QED) is 0.568. The van der Waals surface area contributed by atoms with Gasteiger partial charge in [0, 0.05) is 23.1 Å². The third-order valence-corrected chi connectivity index (χ3v) is 3.30. The Morgan fingerprint density at radius 1 is 0.958 bits per heavy atom. The van der Waals surface area contributed by atoms with Crippen LogP contribution in [0.2, 0.25) is 0 Å². The monoisotopic (exact) mass is 337 g/mol. The highest BCUT2D eigenvalue weighted by Crippen LogP contribution is 2.31. The Labute approximate surface area is 133 Å². The molecule has 0 saturated carbocycles. The highest BCUT2D eigenvalue weighted by Gasteiger charge is 2.31. The van der Waals surface area contributed by atoms with Crippen molar-refractivity contribution in [1.82, 2.24) is 4.98 Å². The Bertz CT molecular complexity index is 902. The predicted molar refractivity (Wildman–Crippen MR) is 82.3 cm³/mol. The van der Waals surface area contributed by atoms with Crippen molar-refractivity contribution in [2.45, 2.75) is 6.18 Å². The van der Waals surface area contributed by atoms with Gasteiger partial charge < -0.3 is 15.6 Å². The fourth-order valence-electron chi connectivity index (χ4n) is 2.24. The van der Waals surface area contributed by atoms with Gasteiger partial charge in [0.15, 0.2) is 0 Å². The van der Waals surface area contributed by atoms with E-state index in [1.54, 1.807) is 24.4 Å². The van der Waals surface area contributed by atoms with Crippen LogP contribution in [-0.4, -0.2) is 11.0 Å². The van der Waals surface area contributed by atoms with E-state index in [1.165, 1.54) is 0 Å². The summed E-state index contributed by atoms with van der Waals surface area (Å²) in [7, 11) is 0. The minimum Gasteiger partial charge on any atom is -0.361 e. The van der Waals surface area contributed by atoms with E-state index in [2.05, 4.69) is 15.6 Å². The van der Waals surface area contributed by atoms with Gasteiger partial charge in [-0.25, -0.2) is 9.18 Å². The first kappa shape index (κ1) is 15.9. The number of carbonyl (C=O) groups is 1. The fourth-order valence-corrected chi connectivity index (χ4v) is 2.24.